The number of aromatic nitrogens is 1. The molecule has 0 saturated carbocycles. The number of pyridine rings is 1. The number of rotatable bonds is 1. The highest BCUT2D eigenvalue weighted by molar-refractivity contribution is 5.42. The van der Waals surface area contributed by atoms with Crippen LogP contribution in [0.1, 0.15) is 0 Å². The van der Waals surface area contributed by atoms with Crippen LogP contribution >= 0.6 is 0 Å². The summed E-state index contributed by atoms with van der Waals surface area (Å²) in [5.74, 6) is -7.22. The maximum absolute atomic E-state index is 12.4. The van der Waals surface area contributed by atoms with E-state index >= 15 is 0 Å². The first-order chi connectivity index (χ1) is 5.57. The molecule has 0 fully saturated rings. The summed E-state index contributed by atoms with van der Waals surface area (Å²) < 4.78 is 49.1. The van der Waals surface area contributed by atoms with Crippen molar-refractivity contribution >= 4 is 5.69 Å². The standard InChI is InChI=1S/C5H2F4N2O/c6-1-3(11-12)2(7)5(9)10-4(1)8/h12H,(H,10,11). The van der Waals surface area contributed by atoms with Gasteiger partial charge in [0.2, 0.25) is 11.6 Å². The SMILES string of the molecule is ONc1c(F)c(F)nc(F)c1F. The Balaban J connectivity index is 3.42. The minimum atomic E-state index is -1.83. The second-order valence-electron chi connectivity index (χ2n) is 1.81. The fraction of sp³-hybridized carbons (Fsp3) is 0. The summed E-state index contributed by atoms with van der Waals surface area (Å²) >= 11 is 0. The number of hydrogen-bond donors (Lipinski definition) is 2. The molecule has 0 atom stereocenters. The second kappa shape index (κ2) is 2.94. The van der Waals surface area contributed by atoms with Crippen LogP contribution in [-0.2, 0) is 0 Å². The molecule has 3 nitrogen and oxygen atoms in total. The molecule has 0 aliphatic heterocycles. The summed E-state index contributed by atoms with van der Waals surface area (Å²) in [4.78, 5) is 2.25. The van der Waals surface area contributed by atoms with Gasteiger partial charge in [0.05, 0.1) is 0 Å². The first-order valence-corrected chi connectivity index (χ1v) is 2.68. The maximum atomic E-state index is 12.4. The highest BCUT2D eigenvalue weighted by Crippen LogP contribution is 2.20. The van der Waals surface area contributed by atoms with Gasteiger partial charge in [-0.3, -0.25) is 10.7 Å². The van der Waals surface area contributed by atoms with E-state index in [1.807, 2.05) is 0 Å². The lowest BCUT2D eigenvalue weighted by Gasteiger charge is -2.02. The Kier molecular flexibility index (Phi) is 2.13. The molecule has 0 aliphatic rings. The summed E-state index contributed by atoms with van der Waals surface area (Å²) in [5, 5.41) is 8.06. The third kappa shape index (κ3) is 1.18. The van der Waals surface area contributed by atoms with Crippen LogP contribution < -0.4 is 5.48 Å². The van der Waals surface area contributed by atoms with Crippen molar-refractivity contribution < 1.29 is 22.8 Å². The van der Waals surface area contributed by atoms with Crippen LogP contribution in [0.15, 0.2) is 0 Å². The highest BCUT2D eigenvalue weighted by atomic mass is 19.2. The molecule has 1 rings (SSSR count). The number of nitrogens with zero attached hydrogens (tertiary/aromatic N) is 1. The Bertz CT molecular complexity index is 291. The van der Waals surface area contributed by atoms with Gasteiger partial charge in [-0.05, 0) is 0 Å². The molecule has 0 amide bonds. The molecule has 0 unspecified atom stereocenters. The lowest BCUT2D eigenvalue weighted by molar-refractivity contribution is 0.358. The van der Waals surface area contributed by atoms with Crippen molar-refractivity contribution in [3.05, 3.63) is 23.5 Å². The molecule has 0 saturated heterocycles. The molecule has 66 valence electrons. The molecule has 1 aromatic heterocycles. The summed E-state index contributed by atoms with van der Waals surface area (Å²) in [6, 6.07) is 0. The van der Waals surface area contributed by atoms with Crippen LogP contribution in [0.2, 0.25) is 0 Å². The first kappa shape index (κ1) is 8.72. The van der Waals surface area contributed by atoms with Gasteiger partial charge in [0, 0.05) is 0 Å². The van der Waals surface area contributed by atoms with Crippen LogP contribution in [0.25, 0.3) is 0 Å². The van der Waals surface area contributed by atoms with Crippen molar-refractivity contribution in [1.82, 2.24) is 4.98 Å². The first-order valence-electron chi connectivity index (χ1n) is 2.68. The molecule has 12 heavy (non-hydrogen) atoms. The van der Waals surface area contributed by atoms with Crippen molar-refractivity contribution in [2.24, 2.45) is 0 Å². The van der Waals surface area contributed by atoms with Crippen molar-refractivity contribution in [1.29, 1.82) is 0 Å². The Morgan fingerprint density at radius 2 is 1.42 bits per heavy atom. The summed E-state index contributed by atoms with van der Waals surface area (Å²) in [5.41, 5.74) is -0.330. The van der Waals surface area contributed by atoms with E-state index in [9.17, 15) is 17.6 Å². The molecule has 0 radical (unpaired) electrons. The average molecular weight is 182 g/mol. The van der Waals surface area contributed by atoms with Gasteiger partial charge in [-0.2, -0.15) is 22.5 Å². The molecule has 0 aromatic carbocycles. The van der Waals surface area contributed by atoms with Gasteiger partial charge in [-0.15, -0.1) is 0 Å². The molecule has 0 bridgehead atoms. The van der Waals surface area contributed by atoms with E-state index in [-0.39, 0.29) is 0 Å². The van der Waals surface area contributed by atoms with E-state index in [2.05, 4.69) is 4.98 Å². The lowest BCUT2D eigenvalue weighted by Crippen LogP contribution is -2.05. The average Bonchev–Trinajstić information content (AvgIpc) is 2.02. The molecule has 0 spiro atoms. The van der Waals surface area contributed by atoms with Crippen LogP contribution in [-0.4, -0.2) is 10.2 Å². The molecule has 2 N–H and O–H groups in total. The zero-order valence-corrected chi connectivity index (χ0v) is 5.41. The highest BCUT2D eigenvalue weighted by Gasteiger charge is 2.19. The predicted octanol–water partition coefficient (Wildman–Crippen LogP) is 1.44. The number of anilines is 1. The van der Waals surface area contributed by atoms with E-state index < -0.39 is 29.2 Å². The largest absolute Gasteiger partial charge is 0.291 e. The van der Waals surface area contributed by atoms with Crippen LogP contribution in [0, 0.1) is 23.5 Å². The van der Waals surface area contributed by atoms with Crippen LogP contribution in [0.3, 0.4) is 0 Å². The van der Waals surface area contributed by atoms with Gasteiger partial charge in [0.25, 0.3) is 11.9 Å². The van der Waals surface area contributed by atoms with Gasteiger partial charge in [0.15, 0.2) is 0 Å². The maximum Gasteiger partial charge on any atom is 0.254 e. The molecular formula is C5H2F4N2O. The minimum Gasteiger partial charge on any atom is -0.291 e. The Hall–Kier alpha value is -1.37. The Morgan fingerprint density at radius 3 is 1.75 bits per heavy atom. The van der Waals surface area contributed by atoms with Crippen molar-refractivity contribution in [3.63, 3.8) is 0 Å². The van der Waals surface area contributed by atoms with Gasteiger partial charge < -0.3 is 0 Å². The molecule has 1 heterocycles. The smallest absolute Gasteiger partial charge is 0.254 e. The van der Waals surface area contributed by atoms with Gasteiger partial charge in [-0.1, -0.05) is 0 Å². The number of halogens is 4. The molecule has 7 heteroatoms. The third-order valence-electron chi connectivity index (χ3n) is 1.11. The fourth-order valence-corrected chi connectivity index (χ4v) is 0.585. The van der Waals surface area contributed by atoms with E-state index in [0.717, 1.165) is 5.48 Å². The van der Waals surface area contributed by atoms with Gasteiger partial charge >= 0.3 is 0 Å². The van der Waals surface area contributed by atoms with Crippen LogP contribution in [0.5, 0.6) is 0 Å². The quantitative estimate of drug-likeness (QED) is 0.392. The van der Waals surface area contributed by atoms with E-state index in [4.69, 9.17) is 5.21 Å². The topological polar surface area (TPSA) is 45.1 Å². The Labute approximate surface area is 63.6 Å². The second-order valence-corrected chi connectivity index (χ2v) is 1.81. The fourth-order valence-electron chi connectivity index (χ4n) is 0.585. The number of nitrogens with one attached hydrogen (secondary N) is 1. The van der Waals surface area contributed by atoms with Crippen molar-refractivity contribution in [2.45, 2.75) is 0 Å². The van der Waals surface area contributed by atoms with Crippen molar-refractivity contribution in [2.75, 3.05) is 5.48 Å². The predicted molar refractivity (Wildman–Crippen MR) is 29.5 cm³/mol. The zero-order chi connectivity index (χ0) is 9.30. The van der Waals surface area contributed by atoms with Gasteiger partial charge in [-0.25, -0.2) is 0 Å². The van der Waals surface area contributed by atoms with Crippen LogP contribution in [0.4, 0.5) is 23.2 Å². The monoisotopic (exact) mass is 182 g/mol. The molecule has 1 aromatic rings. The minimum absolute atomic E-state index is 0.975. The normalized spacial score (nSPS) is 10.1. The summed E-state index contributed by atoms with van der Waals surface area (Å²) in [6.07, 6.45) is 0. The molecular weight excluding hydrogens is 180 g/mol. The third-order valence-corrected chi connectivity index (χ3v) is 1.11. The van der Waals surface area contributed by atoms with Gasteiger partial charge in [0.1, 0.15) is 5.69 Å². The zero-order valence-electron chi connectivity index (χ0n) is 5.41. The lowest BCUT2D eigenvalue weighted by atomic mass is 10.4. The molecule has 0 aliphatic carbocycles. The van der Waals surface area contributed by atoms with Crippen molar-refractivity contribution in [3.8, 4) is 0 Å². The number of hydrogen-bond acceptors (Lipinski definition) is 3. The van der Waals surface area contributed by atoms with E-state index in [0.29, 0.717) is 0 Å². The Morgan fingerprint density at radius 1 is 1.00 bits per heavy atom. The summed E-state index contributed by atoms with van der Waals surface area (Å²) in [6.45, 7) is 0. The van der Waals surface area contributed by atoms with E-state index in [1.165, 1.54) is 0 Å². The summed E-state index contributed by atoms with van der Waals surface area (Å²) in [7, 11) is 0. The van der Waals surface area contributed by atoms with E-state index in [1.54, 1.807) is 0 Å².